The molecular weight excluding hydrogens is 346 g/mol. The van der Waals surface area contributed by atoms with E-state index in [2.05, 4.69) is 0 Å². The minimum atomic E-state index is -4.10. The molecule has 5 nitrogen and oxygen atoms in total. The number of hydrogen-bond acceptors (Lipinski definition) is 4. The maximum absolute atomic E-state index is 11.5. The van der Waals surface area contributed by atoms with Crippen LogP contribution >= 0.6 is 23.4 Å². The van der Waals surface area contributed by atoms with Gasteiger partial charge in [-0.2, -0.15) is 0 Å². The summed E-state index contributed by atoms with van der Waals surface area (Å²) in [5.74, 6) is -0.726. The zero-order chi connectivity index (χ0) is 16.3. The van der Waals surface area contributed by atoms with Crippen molar-refractivity contribution in [2.75, 3.05) is 0 Å². The highest BCUT2D eigenvalue weighted by Crippen LogP contribution is 2.35. The van der Waals surface area contributed by atoms with Crippen molar-refractivity contribution in [3.8, 4) is 0 Å². The van der Waals surface area contributed by atoms with E-state index in [4.69, 9.17) is 21.8 Å². The average Bonchev–Trinajstić information content (AvgIpc) is 2.45. The number of benzene rings is 2. The lowest BCUT2D eigenvalue weighted by atomic mass is 10.2. The Balaban J connectivity index is 2.42. The van der Waals surface area contributed by atoms with Crippen molar-refractivity contribution in [2.45, 2.75) is 15.5 Å². The number of primary sulfonamides is 1. The molecule has 3 N–H and O–H groups in total. The summed E-state index contributed by atoms with van der Waals surface area (Å²) in [6.45, 7) is 0. The van der Waals surface area contributed by atoms with Gasteiger partial charge in [0.15, 0.2) is 0 Å². The van der Waals surface area contributed by atoms with Gasteiger partial charge in [-0.05, 0) is 17.7 Å². The average molecular weight is 358 g/mol. The SMILES string of the molecule is NS(=O)(=O)c1cc(C(=O)O)cc(SCc2ccccc2)c1Cl. The molecule has 2 aromatic carbocycles. The minimum absolute atomic E-state index is 0.0616. The predicted molar refractivity (Wildman–Crippen MR) is 85.8 cm³/mol. The van der Waals surface area contributed by atoms with E-state index in [1.54, 1.807) is 0 Å². The van der Waals surface area contributed by atoms with Crippen molar-refractivity contribution in [1.29, 1.82) is 0 Å². The number of sulfonamides is 1. The summed E-state index contributed by atoms with van der Waals surface area (Å²) in [5, 5.41) is 14.1. The van der Waals surface area contributed by atoms with Crippen LogP contribution in [0.3, 0.4) is 0 Å². The molecule has 2 aromatic rings. The maximum atomic E-state index is 11.5. The van der Waals surface area contributed by atoms with Crippen LogP contribution in [0.15, 0.2) is 52.3 Å². The molecular formula is C14H12ClNO4S2. The Bertz CT molecular complexity index is 807. The summed E-state index contributed by atoms with van der Waals surface area (Å²) in [6.07, 6.45) is 0. The Hall–Kier alpha value is -1.54. The van der Waals surface area contributed by atoms with Gasteiger partial charge in [-0.15, -0.1) is 11.8 Å². The van der Waals surface area contributed by atoms with Crippen LogP contribution in [-0.2, 0) is 15.8 Å². The first-order valence-corrected chi connectivity index (χ1v) is 8.96. The number of carbonyl (C=O) groups is 1. The van der Waals surface area contributed by atoms with Crippen molar-refractivity contribution < 1.29 is 18.3 Å². The molecule has 0 aliphatic heterocycles. The van der Waals surface area contributed by atoms with E-state index in [1.807, 2.05) is 30.3 Å². The Morgan fingerprint density at radius 1 is 1.23 bits per heavy atom. The summed E-state index contributed by atoms with van der Waals surface area (Å²) in [4.78, 5) is 11.1. The molecule has 0 fully saturated rings. The van der Waals surface area contributed by atoms with Gasteiger partial charge in [0.2, 0.25) is 10.0 Å². The third kappa shape index (κ3) is 4.01. The molecule has 0 amide bonds. The summed E-state index contributed by atoms with van der Waals surface area (Å²) in [5.41, 5.74) is 0.824. The molecule has 116 valence electrons. The zero-order valence-corrected chi connectivity index (χ0v) is 13.6. The van der Waals surface area contributed by atoms with Crippen LogP contribution in [0.4, 0.5) is 0 Å². The second-order valence-corrected chi connectivity index (χ2v) is 7.34. The molecule has 8 heteroatoms. The molecule has 0 atom stereocenters. The standard InChI is InChI=1S/C14H12ClNO4S2/c15-13-11(21-8-9-4-2-1-3-5-9)6-10(14(17)18)7-12(13)22(16,19)20/h1-7H,8H2,(H,17,18)(H2,16,19,20). The van der Waals surface area contributed by atoms with Crippen LogP contribution in [0.25, 0.3) is 0 Å². The van der Waals surface area contributed by atoms with Crippen molar-refractivity contribution in [1.82, 2.24) is 0 Å². The van der Waals surface area contributed by atoms with Crippen molar-refractivity contribution >= 4 is 39.4 Å². The fourth-order valence-corrected chi connectivity index (χ4v) is 4.02. The summed E-state index contributed by atoms with van der Waals surface area (Å²) in [7, 11) is -4.10. The van der Waals surface area contributed by atoms with Crippen molar-refractivity contribution in [3.05, 3.63) is 58.6 Å². The first kappa shape index (κ1) is 16.8. The molecule has 0 bridgehead atoms. The van der Waals surface area contributed by atoms with E-state index >= 15 is 0 Å². The fourth-order valence-electron chi connectivity index (χ4n) is 1.74. The molecule has 0 aromatic heterocycles. The number of aromatic carboxylic acids is 1. The van der Waals surface area contributed by atoms with E-state index in [1.165, 1.54) is 17.8 Å². The third-order valence-electron chi connectivity index (χ3n) is 2.80. The van der Waals surface area contributed by atoms with Crippen LogP contribution in [-0.4, -0.2) is 19.5 Å². The fraction of sp³-hybridized carbons (Fsp3) is 0.0714. The highest BCUT2D eigenvalue weighted by Gasteiger charge is 2.20. The third-order valence-corrected chi connectivity index (χ3v) is 5.47. The maximum Gasteiger partial charge on any atom is 0.335 e. The van der Waals surface area contributed by atoms with Crippen LogP contribution in [0.1, 0.15) is 15.9 Å². The minimum Gasteiger partial charge on any atom is -0.478 e. The lowest BCUT2D eigenvalue weighted by molar-refractivity contribution is 0.0696. The summed E-state index contributed by atoms with van der Waals surface area (Å²) in [6, 6.07) is 11.7. The number of halogens is 1. The molecule has 0 saturated heterocycles. The first-order valence-electron chi connectivity index (χ1n) is 6.05. The molecule has 0 spiro atoms. The van der Waals surface area contributed by atoms with Gasteiger partial charge in [-0.25, -0.2) is 18.4 Å². The molecule has 0 unspecified atom stereocenters. The number of hydrogen-bond donors (Lipinski definition) is 2. The summed E-state index contributed by atoms with van der Waals surface area (Å²) < 4.78 is 23.1. The zero-order valence-electron chi connectivity index (χ0n) is 11.2. The van der Waals surface area contributed by atoms with Crippen LogP contribution in [0.2, 0.25) is 5.02 Å². The van der Waals surface area contributed by atoms with Gasteiger partial charge in [0.25, 0.3) is 0 Å². The Kier molecular flexibility index (Phi) is 5.12. The predicted octanol–water partition coefficient (Wildman–Crippen LogP) is 2.98. The van der Waals surface area contributed by atoms with E-state index in [9.17, 15) is 13.2 Å². The summed E-state index contributed by atoms with van der Waals surface area (Å²) >= 11 is 7.31. The van der Waals surface area contributed by atoms with Gasteiger partial charge in [0.05, 0.1) is 10.6 Å². The van der Waals surface area contributed by atoms with Crippen LogP contribution in [0.5, 0.6) is 0 Å². The highest BCUT2D eigenvalue weighted by atomic mass is 35.5. The quantitative estimate of drug-likeness (QED) is 0.802. The van der Waals surface area contributed by atoms with Gasteiger partial charge in [0, 0.05) is 10.6 Å². The van der Waals surface area contributed by atoms with Crippen molar-refractivity contribution in [3.63, 3.8) is 0 Å². The van der Waals surface area contributed by atoms with Crippen LogP contribution in [0, 0.1) is 0 Å². The smallest absolute Gasteiger partial charge is 0.335 e. The van der Waals surface area contributed by atoms with Gasteiger partial charge < -0.3 is 5.11 Å². The topological polar surface area (TPSA) is 97.5 Å². The lowest BCUT2D eigenvalue weighted by Gasteiger charge is -2.10. The Morgan fingerprint density at radius 2 is 1.86 bits per heavy atom. The van der Waals surface area contributed by atoms with Crippen molar-refractivity contribution in [2.24, 2.45) is 5.14 Å². The molecule has 0 saturated carbocycles. The highest BCUT2D eigenvalue weighted by molar-refractivity contribution is 7.98. The Labute approximate surface area is 137 Å². The number of nitrogens with two attached hydrogens (primary N) is 1. The molecule has 0 aliphatic carbocycles. The second kappa shape index (κ2) is 6.70. The molecule has 2 rings (SSSR count). The molecule has 0 heterocycles. The van der Waals surface area contributed by atoms with E-state index < -0.39 is 16.0 Å². The normalized spacial score (nSPS) is 11.4. The van der Waals surface area contributed by atoms with Gasteiger partial charge in [-0.1, -0.05) is 41.9 Å². The second-order valence-electron chi connectivity index (χ2n) is 4.41. The van der Waals surface area contributed by atoms with Gasteiger partial charge >= 0.3 is 5.97 Å². The number of carboxylic acids is 1. The number of rotatable bonds is 5. The van der Waals surface area contributed by atoms with E-state index in [-0.39, 0.29) is 15.5 Å². The number of carboxylic acid groups (broad SMARTS) is 1. The Morgan fingerprint density at radius 3 is 2.41 bits per heavy atom. The lowest BCUT2D eigenvalue weighted by Crippen LogP contribution is -2.14. The van der Waals surface area contributed by atoms with Crippen LogP contribution < -0.4 is 5.14 Å². The molecule has 22 heavy (non-hydrogen) atoms. The molecule has 0 aliphatic rings. The van der Waals surface area contributed by atoms with Gasteiger partial charge in [-0.3, -0.25) is 0 Å². The van der Waals surface area contributed by atoms with Gasteiger partial charge in [0.1, 0.15) is 4.90 Å². The van der Waals surface area contributed by atoms with E-state index in [0.717, 1.165) is 11.6 Å². The van der Waals surface area contributed by atoms with E-state index in [0.29, 0.717) is 10.6 Å². The first-order chi connectivity index (χ1) is 10.3. The number of thioether (sulfide) groups is 1. The molecule has 0 radical (unpaired) electrons. The monoisotopic (exact) mass is 357 g/mol. The largest absolute Gasteiger partial charge is 0.478 e.